The molecule has 0 radical (unpaired) electrons. The van der Waals surface area contributed by atoms with E-state index in [-0.39, 0.29) is 20.6 Å². The summed E-state index contributed by atoms with van der Waals surface area (Å²) in [5.74, 6) is -1.40. The molecule has 0 aliphatic carbocycles. The van der Waals surface area contributed by atoms with Crippen molar-refractivity contribution < 1.29 is 22.3 Å². The van der Waals surface area contributed by atoms with Crippen molar-refractivity contribution in [3.8, 4) is 0 Å². The molecule has 128 valence electrons. The summed E-state index contributed by atoms with van der Waals surface area (Å²) >= 11 is 12.1. The maximum absolute atomic E-state index is 13.1. The van der Waals surface area contributed by atoms with Crippen molar-refractivity contribution in [2.75, 3.05) is 18.0 Å². The van der Waals surface area contributed by atoms with E-state index < -0.39 is 28.4 Å². The molecule has 0 atom stereocenters. The molecule has 9 heteroatoms. The van der Waals surface area contributed by atoms with E-state index in [1.807, 2.05) is 0 Å². The van der Waals surface area contributed by atoms with E-state index in [1.165, 1.54) is 18.2 Å². The number of rotatable bonds is 5. The van der Waals surface area contributed by atoms with Crippen molar-refractivity contribution in [2.24, 2.45) is 0 Å². The maximum Gasteiger partial charge on any atom is 0.326 e. The van der Waals surface area contributed by atoms with Crippen LogP contribution in [0.25, 0.3) is 0 Å². The fourth-order valence-corrected chi connectivity index (χ4v) is 4.08. The number of para-hydroxylation sites is 1. The molecular formula is C15H12Cl2FNO4S. The smallest absolute Gasteiger partial charge is 0.326 e. The van der Waals surface area contributed by atoms with Crippen LogP contribution in [0.1, 0.15) is 0 Å². The molecule has 2 aromatic rings. The number of methoxy groups -OCH3 is 1. The van der Waals surface area contributed by atoms with Gasteiger partial charge >= 0.3 is 5.97 Å². The summed E-state index contributed by atoms with van der Waals surface area (Å²) in [7, 11) is -3.10. The fourth-order valence-electron chi connectivity index (χ4n) is 1.93. The zero-order valence-corrected chi connectivity index (χ0v) is 14.7. The van der Waals surface area contributed by atoms with Gasteiger partial charge in [0.25, 0.3) is 10.0 Å². The van der Waals surface area contributed by atoms with Crippen LogP contribution in [0.15, 0.2) is 47.4 Å². The highest BCUT2D eigenvalue weighted by molar-refractivity contribution is 7.92. The van der Waals surface area contributed by atoms with Crippen LogP contribution in [-0.2, 0) is 19.6 Å². The summed E-state index contributed by atoms with van der Waals surface area (Å²) in [5, 5.41) is 0.0779. The summed E-state index contributed by atoms with van der Waals surface area (Å²) in [4.78, 5) is 11.5. The average Bonchev–Trinajstić information content (AvgIpc) is 2.53. The molecular weight excluding hydrogens is 380 g/mol. The Hall–Kier alpha value is -1.83. The van der Waals surface area contributed by atoms with E-state index in [4.69, 9.17) is 23.2 Å². The second-order valence-corrected chi connectivity index (χ2v) is 7.29. The lowest BCUT2D eigenvalue weighted by molar-refractivity contribution is -0.138. The highest BCUT2D eigenvalue weighted by Gasteiger charge is 2.30. The molecule has 0 unspecified atom stereocenters. The number of hydrogen-bond donors (Lipinski definition) is 0. The first-order valence-corrected chi connectivity index (χ1v) is 8.76. The Morgan fingerprint density at radius 2 is 1.67 bits per heavy atom. The van der Waals surface area contributed by atoms with Crippen molar-refractivity contribution in [2.45, 2.75) is 4.90 Å². The minimum absolute atomic E-state index is 0.0390. The number of hydrogen-bond acceptors (Lipinski definition) is 4. The average molecular weight is 392 g/mol. The van der Waals surface area contributed by atoms with Crippen molar-refractivity contribution in [3.05, 3.63) is 58.3 Å². The second-order valence-electron chi connectivity index (χ2n) is 4.61. The number of halogens is 3. The Morgan fingerprint density at radius 1 is 1.12 bits per heavy atom. The standard InChI is InChI=1S/C15H12Cl2FNO4S/c1-23-14(20)9-19(15-12(16)3-2-4-13(15)17)24(21,22)11-7-5-10(18)6-8-11/h2-8H,9H2,1H3. The summed E-state index contributed by atoms with van der Waals surface area (Å²) in [6.07, 6.45) is 0. The van der Waals surface area contributed by atoms with Crippen LogP contribution in [0.5, 0.6) is 0 Å². The van der Waals surface area contributed by atoms with E-state index in [2.05, 4.69) is 4.74 Å². The Bertz CT molecular complexity index is 836. The molecule has 0 aliphatic heterocycles. The van der Waals surface area contributed by atoms with Crippen molar-refractivity contribution in [1.29, 1.82) is 0 Å². The lowest BCUT2D eigenvalue weighted by atomic mass is 10.3. The van der Waals surface area contributed by atoms with Crippen LogP contribution in [0.3, 0.4) is 0 Å². The summed E-state index contributed by atoms with van der Waals surface area (Å²) in [6, 6.07) is 8.57. The van der Waals surface area contributed by atoms with Gasteiger partial charge in [0, 0.05) is 0 Å². The maximum atomic E-state index is 13.1. The molecule has 0 aromatic heterocycles. The zero-order valence-electron chi connectivity index (χ0n) is 12.4. The van der Waals surface area contributed by atoms with Crippen molar-refractivity contribution in [3.63, 3.8) is 0 Å². The topological polar surface area (TPSA) is 63.7 Å². The highest BCUT2D eigenvalue weighted by Crippen LogP contribution is 2.36. The highest BCUT2D eigenvalue weighted by atomic mass is 35.5. The van der Waals surface area contributed by atoms with Gasteiger partial charge in [-0.05, 0) is 36.4 Å². The number of anilines is 1. The zero-order chi connectivity index (χ0) is 17.9. The van der Waals surface area contributed by atoms with Crippen molar-refractivity contribution in [1.82, 2.24) is 0 Å². The predicted molar refractivity (Wildman–Crippen MR) is 89.4 cm³/mol. The molecule has 0 N–H and O–H groups in total. The number of carbonyl (C=O) groups excluding carboxylic acids is 1. The van der Waals surface area contributed by atoms with Crippen LogP contribution >= 0.6 is 23.2 Å². The quantitative estimate of drug-likeness (QED) is 0.731. The summed E-state index contributed by atoms with van der Waals surface area (Å²) in [5.41, 5.74) is -0.0597. The van der Waals surface area contributed by atoms with Gasteiger partial charge in [-0.3, -0.25) is 9.10 Å². The minimum atomic E-state index is -4.22. The van der Waals surface area contributed by atoms with Crippen molar-refractivity contribution >= 4 is 44.9 Å². The second kappa shape index (κ2) is 7.38. The van der Waals surface area contributed by atoms with Gasteiger partial charge in [-0.25, -0.2) is 12.8 Å². The third-order valence-electron chi connectivity index (χ3n) is 3.09. The number of sulfonamides is 1. The first-order valence-electron chi connectivity index (χ1n) is 6.56. The van der Waals surface area contributed by atoms with Gasteiger partial charge in [-0.2, -0.15) is 0 Å². The third-order valence-corrected chi connectivity index (χ3v) is 5.46. The van der Waals surface area contributed by atoms with Gasteiger partial charge < -0.3 is 4.74 Å². The van der Waals surface area contributed by atoms with E-state index in [0.29, 0.717) is 0 Å². The van der Waals surface area contributed by atoms with Gasteiger partial charge in [-0.1, -0.05) is 29.3 Å². The van der Waals surface area contributed by atoms with Gasteiger partial charge in [0.05, 0.1) is 27.7 Å². The molecule has 2 rings (SSSR count). The Balaban J connectivity index is 2.62. The van der Waals surface area contributed by atoms with Crippen LogP contribution in [0, 0.1) is 5.82 Å². The van der Waals surface area contributed by atoms with Gasteiger partial charge in [-0.15, -0.1) is 0 Å². The Labute approximate surface area is 148 Å². The molecule has 0 saturated heterocycles. The molecule has 24 heavy (non-hydrogen) atoms. The normalized spacial score (nSPS) is 11.2. The molecule has 0 fully saturated rings. The van der Waals surface area contributed by atoms with Gasteiger partial charge in [0.15, 0.2) is 0 Å². The third kappa shape index (κ3) is 3.80. The van der Waals surface area contributed by atoms with Crippen LogP contribution in [0.2, 0.25) is 10.0 Å². The monoisotopic (exact) mass is 391 g/mol. The SMILES string of the molecule is COC(=O)CN(c1c(Cl)cccc1Cl)S(=O)(=O)c1ccc(F)cc1. The lowest BCUT2D eigenvalue weighted by Crippen LogP contribution is -2.36. The molecule has 0 saturated carbocycles. The summed E-state index contributed by atoms with van der Waals surface area (Å²) < 4.78 is 44.1. The fraction of sp³-hybridized carbons (Fsp3) is 0.133. The predicted octanol–water partition coefficient (Wildman–Crippen LogP) is 3.50. The van der Waals surface area contributed by atoms with E-state index >= 15 is 0 Å². The van der Waals surface area contributed by atoms with E-state index in [0.717, 1.165) is 35.7 Å². The van der Waals surface area contributed by atoms with Gasteiger partial charge in [0.1, 0.15) is 12.4 Å². The van der Waals surface area contributed by atoms with E-state index in [9.17, 15) is 17.6 Å². The number of esters is 1. The minimum Gasteiger partial charge on any atom is -0.468 e. The number of nitrogens with zero attached hydrogens (tertiary/aromatic N) is 1. The molecule has 0 amide bonds. The molecule has 0 heterocycles. The largest absolute Gasteiger partial charge is 0.468 e. The van der Waals surface area contributed by atoms with E-state index in [1.54, 1.807) is 0 Å². The first kappa shape index (κ1) is 18.5. The number of ether oxygens (including phenoxy) is 1. The molecule has 0 aliphatic rings. The van der Waals surface area contributed by atoms with Crippen LogP contribution in [0.4, 0.5) is 10.1 Å². The van der Waals surface area contributed by atoms with Crippen LogP contribution in [-0.4, -0.2) is 28.0 Å². The lowest BCUT2D eigenvalue weighted by Gasteiger charge is -2.25. The molecule has 0 spiro atoms. The Kier molecular flexibility index (Phi) is 5.69. The van der Waals surface area contributed by atoms with Gasteiger partial charge in [0.2, 0.25) is 0 Å². The Morgan fingerprint density at radius 3 is 2.17 bits per heavy atom. The number of benzene rings is 2. The summed E-state index contributed by atoms with van der Waals surface area (Å²) in [6.45, 7) is -0.639. The number of carbonyl (C=O) groups is 1. The molecule has 5 nitrogen and oxygen atoms in total. The molecule has 2 aromatic carbocycles. The first-order chi connectivity index (χ1) is 11.3. The molecule has 0 bridgehead atoms. The van der Waals surface area contributed by atoms with Crippen LogP contribution < -0.4 is 4.31 Å².